The van der Waals surface area contributed by atoms with Crippen molar-refractivity contribution in [1.82, 2.24) is 14.8 Å². The molecule has 3 aromatic rings. The Labute approximate surface area is 170 Å². The van der Waals surface area contributed by atoms with Crippen LogP contribution >= 0.6 is 11.8 Å². The summed E-state index contributed by atoms with van der Waals surface area (Å²) in [6.07, 6.45) is 1.73. The molecule has 1 N–H and O–H groups in total. The molecule has 0 aliphatic rings. The second-order valence-corrected chi connectivity index (χ2v) is 7.79. The van der Waals surface area contributed by atoms with Crippen LogP contribution < -0.4 is 5.32 Å². The molecule has 0 aliphatic heterocycles. The summed E-state index contributed by atoms with van der Waals surface area (Å²) in [5.74, 6) is 1.20. The molecule has 1 aromatic heterocycles. The lowest BCUT2D eigenvalue weighted by molar-refractivity contribution is -0.113. The number of anilines is 1. The van der Waals surface area contributed by atoms with Gasteiger partial charge in [0.15, 0.2) is 5.16 Å². The third kappa shape index (κ3) is 5.23. The molecule has 0 spiro atoms. The molecule has 28 heavy (non-hydrogen) atoms. The van der Waals surface area contributed by atoms with Gasteiger partial charge in [-0.3, -0.25) is 4.79 Å². The van der Waals surface area contributed by atoms with Crippen LogP contribution in [0.5, 0.6) is 0 Å². The van der Waals surface area contributed by atoms with Crippen molar-refractivity contribution in [3.8, 4) is 0 Å². The molecule has 2 aromatic carbocycles. The van der Waals surface area contributed by atoms with Crippen molar-refractivity contribution in [1.29, 1.82) is 0 Å². The van der Waals surface area contributed by atoms with Crippen molar-refractivity contribution >= 4 is 23.4 Å². The largest absolute Gasteiger partial charge is 0.325 e. The van der Waals surface area contributed by atoms with Crippen molar-refractivity contribution in [2.45, 2.75) is 45.3 Å². The van der Waals surface area contributed by atoms with Gasteiger partial charge in [0.2, 0.25) is 5.91 Å². The van der Waals surface area contributed by atoms with E-state index in [0.717, 1.165) is 36.1 Å². The van der Waals surface area contributed by atoms with Crippen LogP contribution in [-0.4, -0.2) is 26.4 Å². The summed E-state index contributed by atoms with van der Waals surface area (Å²) < 4.78 is 2.13. The van der Waals surface area contributed by atoms with E-state index in [1.165, 1.54) is 28.5 Å². The fraction of sp³-hybridized carbons (Fsp3) is 0.318. The number of nitrogens with zero attached hydrogens (tertiary/aromatic N) is 3. The second kappa shape index (κ2) is 9.55. The van der Waals surface area contributed by atoms with Gasteiger partial charge in [-0.1, -0.05) is 55.1 Å². The fourth-order valence-corrected chi connectivity index (χ4v) is 3.71. The van der Waals surface area contributed by atoms with Crippen molar-refractivity contribution in [3.05, 3.63) is 71.0 Å². The highest BCUT2D eigenvalue weighted by Crippen LogP contribution is 2.20. The molecule has 0 fully saturated rings. The SMILES string of the molecule is CCCn1c(Cc2ccccc2)nnc1SCC(=O)Nc1ccc(C)c(C)c1. The number of nitrogens with one attached hydrogen (secondary N) is 1. The zero-order valence-electron chi connectivity index (χ0n) is 16.6. The normalized spacial score (nSPS) is 10.8. The number of benzene rings is 2. The number of carbonyl (C=O) groups is 1. The number of carbonyl (C=O) groups excluding carboxylic acids is 1. The quantitative estimate of drug-likeness (QED) is 0.566. The molecular formula is C22H26N4OS. The molecule has 1 heterocycles. The molecule has 146 valence electrons. The van der Waals surface area contributed by atoms with Gasteiger partial charge in [-0.05, 0) is 49.1 Å². The van der Waals surface area contributed by atoms with Crippen LogP contribution in [0, 0.1) is 13.8 Å². The molecule has 0 bridgehead atoms. The average molecular weight is 395 g/mol. The predicted octanol–water partition coefficient (Wildman–Crippen LogP) is 4.63. The van der Waals surface area contributed by atoms with Gasteiger partial charge in [0.05, 0.1) is 5.75 Å². The molecule has 1 amide bonds. The summed E-state index contributed by atoms with van der Waals surface area (Å²) in [6.45, 7) is 7.08. The van der Waals surface area contributed by atoms with Gasteiger partial charge < -0.3 is 9.88 Å². The summed E-state index contributed by atoms with van der Waals surface area (Å²) in [7, 11) is 0. The number of hydrogen-bond acceptors (Lipinski definition) is 4. The van der Waals surface area contributed by atoms with E-state index in [0.29, 0.717) is 5.75 Å². The number of aryl methyl sites for hydroxylation is 2. The minimum Gasteiger partial charge on any atom is -0.325 e. The number of thioether (sulfide) groups is 1. The highest BCUT2D eigenvalue weighted by Gasteiger charge is 2.14. The molecule has 5 nitrogen and oxygen atoms in total. The van der Waals surface area contributed by atoms with Gasteiger partial charge in [0.25, 0.3) is 0 Å². The van der Waals surface area contributed by atoms with E-state index < -0.39 is 0 Å². The monoisotopic (exact) mass is 394 g/mol. The van der Waals surface area contributed by atoms with Gasteiger partial charge in [0, 0.05) is 18.7 Å². The maximum Gasteiger partial charge on any atom is 0.234 e. The van der Waals surface area contributed by atoms with Gasteiger partial charge >= 0.3 is 0 Å². The molecular weight excluding hydrogens is 368 g/mol. The Bertz CT molecular complexity index is 937. The van der Waals surface area contributed by atoms with Crippen molar-refractivity contribution in [2.75, 3.05) is 11.1 Å². The first-order valence-electron chi connectivity index (χ1n) is 9.52. The first-order chi connectivity index (χ1) is 13.6. The van der Waals surface area contributed by atoms with Crippen LogP contribution in [0.3, 0.4) is 0 Å². The Morgan fingerprint density at radius 1 is 1.07 bits per heavy atom. The minimum absolute atomic E-state index is 0.0380. The average Bonchev–Trinajstić information content (AvgIpc) is 3.06. The summed E-state index contributed by atoms with van der Waals surface area (Å²) in [5.41, 5.74) is 4.41. The van der Waals surface area contributed by atoms with Crippen LogP contribution in [0.2, 0.25) is 0 Å². The van der Waals surface area contributed by atoms with Gasteiger partial charge in [-0.25, -0.2) is 0 Å². The molecule has 0 atom stereocenters. The first-order valence-corrected chi connectivity index (χ1v) is 10.5. The van der Waals surface area contributed by atoms with E-state index >= 15 is 0 Å². The van der Waals surface area contributed by atoms with Crippen LogP contribution in [-0.2, 0) is 17.8 Å². The van der Waals surface area contributed by atoms with Crippen LogP contribution in [0.1, 0.15) is 35.9 Å². The molecule has 6 heteroatoms. The van der Waals surface area contributed by atoms with E-state index in [1.54, 1.807) is 0 Å². The van der Waals surface area contributed by atoms with E-state index in [2.05, 4.69) is 46.1 Å². The lowest BCUT2D eigenvalue weighted by Crippen LogP contribution is -2.15. The summed E-state index contributed by atoms with van der Waals surface area (Å²) in [6, 6.07) is 16.2. The van der Waals surface area contributed by atoms with Gasteiger partial charge in [0.1, 0.15) is 5.82 Å². The van der Waals surface area contributed by atoms with Crippen LogP contribution in [0.25, 0.3) is 0 Å². The Balaban J connectivity index is 1.64. The van der Waals surface area contributed by atoms with Crippen molar-refractivity contribution in [2.24, 2.45) is 0 Å². The number of amides is 1. The number of hydrogen-bond donors (Lipinski definition) is 1. The van der Waals surface area contributed by atoms with Gasteiger partial charge in [-0.2, -0.15) is 0 Å². The lowest BCUT2D eigenvalue weighted by atomic mass is 10.1. The van der Waals surface area contributed by atoms with Crippen LogP contribution in [0.4, 0.5) is 5.69 Å². The summed E-state index contributed by atoms with van der Waals surface area (Å²) >= 11 is 1.43. The molecule has 3 rings (SSSR count). The third-order valence-corrected chi connectivity index (χ3v) is 5.54. The Kier molecular flexibility index (Phi) is 6.87. The Hall–Kier alpha value is -2.60. The number of rotatable bonds is 8. The Morgan fingerprint density at radius 2 is 1.86 bits per heavy atom. The van der Waals surface area contributed by atoms with Gasteiger partial charge in [-0.15, -0.1) is 10.2 Å². The van der Waals surface area contributed by atoms with E-state index in [4.69, 9.17) is 0 Å². The molecule has 0 aliphatic carbocycles. The topological polar surface area (TPSA) is 59.8 Å². The molecule has 0 saturated carbocycles. The highest BCUT2D eigenvalue weighted by atomic mass is 32.2. The zero-order valence-corrected chi connectivity index (χ0v) is 17.4. The van der Waals surface area contributed by atoms with Crippen LogP contribution in [0.15, 0.2) is 53.7 Å². The second-order valence-electron chi connectivity index (χ2n) is 6.85. The lowest BCUT2D eigenvalue weighted by Gasteiger charge is -2.10. The van der Waals surface area contributed by atoms with Crippen molar-refractivity contribution in [3.63, 3.8) is 0 Å². The molecule has 0 saturated heterocycles. The molecule has 0 unspecified atom stereocenters. The standard InChI is InChI=1S/C22H26N4OS/c1-4-12-26-20(14-18-8-6-5-7-9-18)24-25-22(26)28-15-21(27)23-19-11-10-16(2)17(3)13-19/h5-11,13H,4,12,14-15H2,1-3H3,(H,23,27). The molecule has 0 radical (unpaired) electrons. The maximum atomic E-state index is 12.4. The Morgan fingerprint density at radius 3 is 2.57 bits per heavy atom. The summed E-state index contributed by atoms with van der Waals surface area (Å²) in [5, 5.41) is 12.5. The zero-order chi connectivity index (χ0) is 19.9. The van der Waals surface area contributed by atoms with E-state index in [1.807, 2.05) is 43.3 Å². The smallest absolute Gasteiger partial charge is 0.234 e. The van der Waals surface area contributed by atoms with Crippen molar-refractivity contribution < 1.29 is 4.79 Å². The van der Waals surface area contributed by atoms with E-state index in [-0.39, 0.29) is 5.91 Å². The highest BCUT2D eigenvalue weighted by molar-refractivity contribution is 7.99. The predicted molar refractivity (Wildman–Crippen MR) is 115 cm³/mol. The number of aromatic nitrogens is 3. The first kappa shape index (κ1) is 20.1. The maximum absolute atomic E-state index is 12.4. The third-order valence-electron chi connectivity index (χ3n) is 4.57. The minimum atomic E-state index is -0.0380. The fourth-order valence-electron chi connectivity index (χ4n) is 2.93. The summed E-state index contributed by atoms with van der Waals surface area (Å²) in [4.78, 5) is 12.4. The van der Waals surface area contributed by atoms with E-state index in [9.17, 15) is 4.79 Å².